The van der Waals surface area contributed by atoms with Crippen molar-refractivity contribution in [2.24, 2.45) is 11.8 Å². The molecule has 5 rings (SSSR count). The lowest BCUT2D eigenvalue weighted by Crippen LogP contribution is -2.53. The van der Waals surface area contributed by atoms with Gasteiger partial charge in [-0.3, -0.25) is 0 Å². The summed E-state index contributed by atoms with van der Waals surface area (Å²) in [4.78, 5) is 2.52. The van der Waals surface area contributed by atoms with Crippen molar-refractivity contribution < 1.29 is 9.84 Å². The number of nitrogens with zero attached hydrogens (tertiary/aromatic N) is 1. The first-order valence-corrected chi connectivity index (χ1v) is 9.87. The third-order valence-corrected chi connectivity index (χ3v) is 6.67. The minimum Gasteiger partial charge on any atom is -0.382 e. The molecule has 0 aromatic heterocycles. The van der Waals surface area contributed by atoms with E-state index in [4.69, 9.17) is 4.74 Å². The van der Waals surface area contributed by atoms with Crippen molar-refractivity contribution in [3.8, 4) is 0 Å². The molecular formula is C21H31NO2. The van der Waals surface area contributed by atoms with Crippen molar-refractivity contribution in [1.29, 1.82) is 0 Å². The van der Waals surface area contributed by atoms with Crippen LogP contribution in [0, 0.1) is 11.8 Å². The molecule has 1 aliphatic carbocycles. The Morgan fingerprint density at radius 2 is 1.71 bits per heavy atom. The molecule has 3 heterocycles. The van der Waals surface area contributed by atoms with Crippen molar-refractivity contribution in [2.45, 2.75) is 56.7 Å². The standard InChI is InChI=1S/C21H31NO2/c23-21(18-7-3-1-4-8-18,19-9-5-2-6-10-19)16-24-20-15-22-13-11-17(20)12-14-22/h1,3-4,7-8,17,19-20,23H,2,5-6,9-16H2. The van der Waals surface area contributed by atoms with Crippen LogP contribution in [0.2, 0.25) is 0 Å². The van der Waals surface area contributed by atoms with E-state index in [1.807, 2.05) is 18.2 Å². The zero-order valence-corrected chi connectivity index (χ0v) is 14.7. The van der Waals surface area contributed by atoms with Gasteiger partial charge in [-0.2, -0.15) is 0 Å². The fourth-order valence-electron chi connectivity index (χ4n) is 5.08. The third-order valence-electron chi connectivity index (χ3n) is 6.67. The maximum Gasteiger partial charge on any atom is 0.116 e. The van der Waals surface area contributed by atoms with Crippen LogP contribution in [0.3, 0.4) is 0 Å². The van der Waals surface area contributed by atoms with Crippen LogP contribution in [0.1, 0.15) is 50.5 Å². The van der Waals surface area contributed by atoms with Gasteiger partial charge in [-0.15, -0.1) is 0 Å². The second-order valence-electron chi connectivity index (χ2n) is 8.11. The van der Waals surface area contributed by atoms with E-state index in [0.717, 1.165) is 24.9 Å². The maximum atomic E-state index is 11.7. The van der Waals surface area contributed by atoms with Gasteiger partial charge in [0.05, 0.1) is 12.7 Å². The SMILES string of the molecule is OC(COC1CN2CCC1CC2)(c1ccccc1)C1CCCCC1. The molecule has 4 aliphatic rings. The number of benzene rings is 1. The Morgan fingerprint density at radius 1 is 1.00 bits per heavy atom. The molecular weight excluding hydrogens is 298 g/mol. The molecule has 1 N–H and O–H groups in total. The number of aliphatic hydroxyl groups is 1. The summed E-state index contributed by atoms with van der Waals surface area (Å²) in [6.45, 7) is 3.98. The van der Waals surface area contributed by atoms with Gasteiger partial charge in [0.1, 0.15) is 5.60 Å². The number of ether oxygens (including phenoxy) is 1. The van der Waals surface area contributed by atoms with E-state index in [-0.39, 0.29) is 0 Å². The maximum absolute atomic E-state index is 11.7. The van der Waals surface area contributed by atoms with Crippen LogP contribution < -0.4 is 0 Å². The van der Waals surface area contributed by atoms with Crippen molar-refractivity contribution in [3.63, 3.8) is 0 Å². The van der Waals surface area contributed by atoms with Crippen LogP contribution in [-0.4, -0.2) is 42.4 Å². The topological polar surface area (TPSA) is 32.7 Å². The summed E-state index contributed by atoms with van der Waals surface area (Å²) in [5.74, 6) is 1.02. The summed E-state index contributed by atoms with van der Waals surface area (Å²) in [7, 11) is 0. The summed E-state index contributed by atoms with van der Waals surface area (Å²) in [5, 5.41) is 11.7. The zero-order valence-electron chi connectivity index (χ0n) is 14.7. The van der Waals surface area contributed by atoms with Crippen molar-refractivity contribution in [2.75, 3.05) is 26.2 Å². The molecule has 0 spiro atoms. The molecule has 0 amide bonds. The highest BCUT2D eigenvalue weighted by Crippen LogP contribution is 2.40. The lowest BCUT2D eigenvalue weighted by Gasteiger charge is -2.46. The quantitative estimate of drug-likeness (QED) is 0.896. The Hall–Kier alpha value is -0.900. The third kappa shape index (κ3) is 3.26. The van der Waals surface area contributed by atoms with E-state index in [1.54, 1.807) is 0 Å². The largest absolute Gasteiger partial charge is 0.382 e. The molecule has 0 radical (unpaired) electrons. The monoisotopic (exact) mass is 329 g/mol. The first kappa shape index (κ1) is 16.6. The van der Waals surface area contributed by atoms with Gasteiger partial charge >= 0.3 is 0 Å². The lowest BCUT2D eigenvalue weighted by atomic mass is 9.73. The number of piperidine rings is 3. The van der Waals surface area contributed by atoms with Gasteiger partial charge < -0.3 is 14.7 Å². The highest BCUT2D eigenvalue weighted by molar-refractivity contribution is 5.23. The fraction of sp³-hybridized carbons (Fsp3) is 0.714. The Balaban J connectivity index is 1.50. The van der Waals surface area contributed by atoms with Gasteiger partial charge in [-0.05, 0) is 56.2 Å². The predicted octanol–water partition coefficient (Wildman–Crippen LogP) is 3.57. The molecule has 4 fully saturated rings. The van der Waals surface area contributed by atoms with E-state index in [0.29, 0.717) is 24.5 Å². The van der Waals surface area contributed by atoms with Gasteiger partial charge in [-0.1, -0.05) is 49.6 Å². The zero-order chi connectivity index (χ0) is 16.4. The summed E-state index contributed by atoms with van der Waals surface area (Å²) < 4.78 is 6.40. The van der Waals surface area contributed by atoms with E-state index in [1.165, 1.54) is 45.2 Å². The smallest absolute Gasteiger partial charge is 0.116 e. The molecule has 24 heavy (non-hydrogen) atoms. The van der Waals surface area contributed by atoms with E-state index in [2.05, 4.69) is 17.0 Å². The van der Waals surface area contributed by atoms with Gasteiger partial charge in [0.25, 0.3) is 0 Å². The Morgan fingerprint density at radius 3 is 2.33 bits per heavy atom. The molecule has 3 heteroatoms. The molecule has 3 saturated heterocycles. The number of hydrogen-bond donors (Lipinski definition) is 1. The summed E-state index contributed by atoms with van der Waals surface area (Å²) >= 11 is 0. The Bertz CT molecular complexity index is 520. The number of hydrogen-bond acceptors (Lipinski definition) is 3. The van der Waals surface area contributed by atoms with Crippen LogP contribution in [0.15, 0.2) is 30.3 Å². The number of rotatable bonds is 5. The van der Waals surface area contributed by atoms with Crippen LogP contribution >= 0.6 is 0 Å². The molecule has 2 atom stereocenters. The number of fused-ring (bicyclic) bond motifs is 3. The average Bonchev–Trinajstić information content (AvgIpc) is 2.68. The van der Waals surface area contributed by atoms with Gasteiger partial charge in [0.2, 0.25) is 0 Å². The predicted molar refractivity (Wildman–Crippen MR) is 95.8 cm³/mol. The second-order valence-corrected chi connectivity index (χ2v) is 8.11. The van der Waals surface area contributed by atoms with Crippen molar-refractivity contribution >= 4 is 0 Å². The molecule has 3 nitrogen and oxygen atoms in total. The minimum atomic E-state index is -0.826. The molecule has 132 valence electrons. The molecule has 2 unspecified atom stereocenters. The molecule has 2 bridgehead atoms. The molecule has 1 saturated carbocycles. The molecule has 1 aromatic rings. The van der Waals surface area contributed by atoms with Crippen molar-refractivity contribution in [1.82, 2.24) is 4.90 Å². The molecule has 1 aromatic carbocycles. The first-order chi connectivity index (χ1) is 11.8. The van der Waals surface area contributed by atoms with E-state index >= 15 is 0 Å². The van der Waals surface area contributed by atoms with E-state index < -0.39 is 5.60 Å². The average molecular weight is 329 g/mol. The Kier molecular flexibility index (Phi) is 4.93. The van der Waals surface area contributed by atoms with Gasteiger partial charge in [-0.25, -0.2) is 0 Å². The summed E-state index contributed by atoms with van der Waals surface area (Å²) in [6, 6.07) is 10.3. The second kappa shape index (κ2) is 7.15. The lowest BCUT2D eigenvalue weighted by molar-refractivity contribution is -0.148. The van der Waals surface area contributed by atoms with Gasteiger partial charge in [0.15, 0.2) is 0 Å². The summed E-state index contributed by atoms with van der Waals surface area (Å²) in [6.07, 6.45) is 8.85. The highest BCUT2D eigenvalue weighted by atomic mass is 16.5. The molecule has 3 aliphatic heterocycles. The van der Waals surface area contributed by atoms with Crippen LogP contribution in [0.4, 0.5) is 0 Å². The normalized spacial score (nSPS) is 33.3. The highest BCUT2D eigenvalue weighted by Gasteiger charge is 2.42. The Labute approximate surface area is 146 Å². The van der Waals surface area contributed by atoms with Gasteiger partial charge in [0, 0.05) is 6.54 Å². The van der Waals surface area contributed by atoms with Crippen LogP contribution in [-0.2, 0) is 10.3 Å². The summed E-state index contributed by atoms with van der Waals surface area (Å²) in [5.41, 5.74) is 0.214. The fourth-order valence-corrected chi connectivity index (χ4v) is 5.08. The van der Waals surface area contributed by atoms with Crippen LogP contribution in [0.25, 0.3) is 0 Å². The first-order valence-electron chi connectivity index (χ1n) is 9.87. The van der Waals surface area contributed by atoms with Crippen molar-refractivity contribution in [3.05, 3.63) is 35.9 Å². The minimum absolute atomic E-state index is 0.311. The van der Waals surface area contributed by atoms with Crippen LogP contribution in [0.5, 0.6) is 0 Å². The van der Waals surface area contributed by atoms with E-state index in [9.17, 15) is 5.11 Å².